The molecule has 5 nitrogen and oxygen atoms in total. The summed E-state index contributed by atoms with van der Waals surface area (Å²) >= 11 is 1.57. The summed E-state index contributed by atoms with van der Waals surface area (Å²) < 4.78 is 5.26. The van der Waals surface area contributed by atoms with Gasteiger partial charge in [-0.25, -0.2) is 4.98 Å². The van der Waals surface area contributed by atoms with Gasteiger partial charge in [0.1, 0.15) is 10.8 Å². The Hall–Kier alpha value is -2.60. The molecule has 162 valence electrons. The number of aryl methyl sites for hydroxylation is 3. The molecular formula is C25H29N3O2S. The average molecular weight is 436 g/mol. The first-order valence-electron chi connectivity index (χ1n) is 10.9. The van der Waals surface area contributed by atoms with Crippen molar-refractivity contribution >= 4 is 17.7 Å². The second-order valence-electron chi connectivity index (χ2n) is 8.21. The number of likely N-dealkylation sites (tertiary alicyclic amines) is 1. The van der Waals surface area contributed by atoms with Gasteiger partial charge in [-0.1, -0.05) is 35.5 Å². The predicted molar refractivity (Wildman–Crippen MR) is 123 cm³/mol. The number of rotatable bonds is 7. The SMILES string of the molecule is Cc1noc(C)c1CSc1ncccc1C(=O)N1CCC(CCc2ccccc2)CC1. The first-order valence-corrected chi connectivity index (χ1v) is 11.9. The van der Waals surface area contributed by atoms with E-state index in [9.17, 15) is 4.79 Å². The zero-order valence-electron chi connectivity index (χ0n) is 18.2. The van der Waals surface area contributed by atoms with Crippen molar-refractivity contribution in [1.29, 1.82) is 0 Å². The third-order valence-electron chi connectivity index (χ3n) is 6.12. The van der Waals surface area contributed by atoms with E-state index in [-0.39, 0.29) is 5.91 Å². The van der Waals surface area contributed by atoms with Crippen LogP contribution in [0.15, 0.2) is 58.2 Å². The number of hydrogen-bond acceptors (Lipinski definition) is 5. The van der Waals surface area contributed by atoms with Crippen LogP contribution in [0.4, 0.5) is 0 Å². The molecule has 0 radical (unpaired) electrons. The minimum Gasteiger partial charge on any atom is -0.361 e. The molecule has 1 aromatic carbocycles. The van der Waals surface area contributed by atoms with Gasteiger partial charge in [-0.3, -0.25) is 4.79 Å². The number of pyridine rings is 1. The summed E-state index contributed by atoms with van der Waals surface area (Å²) in [7, 11) is 0. The number of thioether (sulfide) groups is 1. The normalized spacial score (nSPS) is 14.7. The Kier molecular flexibility index (Phi) is 7.07. The third-order valence-corrected chi connectivity index (χ3v) is 7.15. The van der Waals surface area contributed by atoms with E-state index in [1.165, 1.54) is 12.0 Å². The fourth-order valence-electron chi connectivity index (χ4n) is 4.13. The molecule has 1 aliphatic heterocycles. The topological polar surface area (TPSA) is 59.2 Å². The van der Waals surface area contributed by atoms with Crippen LogP contribution in [0, 0.1) is 19.8 Å². The minimum absolute atomic E-state index is 0.0934. The van der Waals surface area contributed by atoms with Crippen molar-refractivity contribution < 1.29 is 9.32 Å². The Labute approximate surface area is 188 Å². The van der Waals surface area contributed by atoms with Gasteiger partial charge in [-0.05, 0) is 63.1 Å². The molecule has 31 heavy (non-hydrogen) atoms. The lowest BCUT2D eigenvalue weighted by molar-refractivity contribution is 0.0682. The molecule has 0 spiro atoms. The maximum Gasteiger partial charge on any atom is 0.256 e. The predicted octanol–water partition coefficient (Wildman–Crippen LogP) is 5.46. The van der Waals surface area contributed by atoms with Crippen LogP contribution in [0.3, 0.4) is 0 Å². The molecule has 4 rings (SSSR count). The van der Waals surface area contributed by atoms with Crippen molar-refractivity contribution in [1.82, 2.24) is 15.0 Å². The Morgan fingerprint density at radius 3 is 2.61 bits per heavy atom. The van der Waals surface area contributed by atoms with Gasteiger partial charge in [0.25, 0.3) is 5.91 Å². The van der Waals surface area contributed by atoms with Crippen molar-refractivity contribution in [3.63, 3.8) is 0 Å². The van der Waals surface area contributed by atoms with Crippen molar-refractivity contribution in [2.75, 3.05) is 13.1 Å². The number of aromatic nitrogens is 2. The van der Waals surface area contributed by atoms with E-state index in [4.69, 9.17) is 4.52 Å². The maximum atomic E-state index is 13.2. The van der Waals surface area contributed by atoms with Gasteiger partial charge < -0.3 is 9.42 Å². The van der Waals surface area contributed by atoms with Crippen molar-refractivity contribution in [2.45, 2.75) is 50.3 Å². The molecule has 3 aromatic rings. The molecule has 1 aliphatic rings. The monoisotopic (exact) mass is 435 g/mol. The van der Waals surface area contributed by atoms with Gasteiger partial charge in [-0.15, -0.1) is 11.8 Å². The van der Waals surface area contributed by atoms with Crippen LogP contribution in [-0.4, -0.2) is 34.0 Å². The lowest BCUT2D eigenvalue weighted by Crippen LogP contribution is -2.38. The zero-order valence-corrected chi connectivity index (χ0v) is 19.0. The first kappa shape index (κ1) is 21.6. The molecule has 3 heterocycles. The average Bonchev–Trinajstić information content (AvgIpc) is 3.14. The number of carbonyl (C=O) groups excluding carboxylic acids is 1. The van der Waals surface area contributed by atoms with Crippen molar-refractivity contribution in [3.8, 4) is 0 Å². The number of piperidine rings is 1. The molecule has 0 saturated carbocycles. The summed E-state index contributed by atoms with van der Waals surface area (Å²) in [4.78, 5) is 19.7. The van der Waals surface area contributed by atoms with Crippen LogP contribution >= 0.6 is 11.8 Å². The molecule has 6 heteroatoms. The van der Waals surface area contributed by atoms with Gasteiger partial charge in [0.05, 0.1) is 11.3 Å². The highest BCUT2D eigenvalue weighted by atomic mass is 32.2. The molecule has 0 bridgehead atoms. The standard InChI is InChI=1S/C25H29N3O2S/c1-18-23(19(2)30-27-18)17-31-24-22(9-6-14-26-24)25(29)28-15-12-21(13-16-28)11-10-20-7-4-3-5-8-20/h3-9,14,21H,10-13,15-17H2,1-2H3. The summed E-state index contributed by atoms with van der Waals surface area (Å²) in [6, 6.07) is 14.4. The van der Waals surface area contributed by atoms with E-state index >= 15 is 0 Å². The Morgan fingerprint density at radius 1 is 1.13 bits per heavy atom. The Bertz CT molecular complexity index is 991. The second kappa shape index (κ2) is 10.1. The van der Waals surface area contributed by atoms with Crippen LogP contribution in [0.1, 0.15) is 52.2 Å². The number of hydrogen-bond donors (Lipinski definition) is 0. The Balaban J connectivity index is 1.33. The van der Waals surface area contributed by atoms with Crippen molar-refractivity contribution in [2.24, 2.45) is 5.92 Å². The lowest BCUT2D eigenvalue weighted by Gasteiger charge is -2.32. The molecule has 2 aromatic heterocycles. The van der Waals surface area contributed by atoms with Gasteiger partial charge in [-0.2, -0.15) is 0 Å². The molecular weight excluding hydrogens is 406 g/mol. The van der Waals surface area contributed by atoms with E-state index in [1.54, 1.807) is 18.0 Å². The summed E-state index contributed by atoms with van der Waals surface area (Å²) in [5.74, 6) is 2.30. The molecule has 1 fully saturated rings. The molecule has 0 N–H and O–H groups in total. The van der Waals surface area contributed by atoms with Gasteiger partial charge in [0, 0.05) is 30.6 Å². The minimum atomic E-state index is 0.0934. The lowest BCUT2D eigenvalue weighted by atomic mass is 9.90. The highest BCUT2D eigenvalue weighted by Gasteiger charge is 2.25. The number of benzene rings is 1. The summed E-state index contributed by atoms with van der Waals surface area (Å²) in [6.07, 6.45) is 6.20. The number of nitrogens with zero attached hydrogens (tertiary/aromatic N) is 3. The summed E-state index contributed by atoms with van der Waals surface area (Å²) in [5.41, 5.74) is 4.07. The second-order valence-corrected chi connectivity index (χ2v) is 9.17. The van der Waals surface area contributed by atoms with Gasteiger partial charge in [0.15, 0.2) is 0 Å². The Morgan fingerprint density at radius 2 is 1.90 bits per heavy atom. The molecule has 0 aliphatic carbocycles. The smallest absolute Gasteiger partial charge is 0.256 e. The largest absolute Gasteiger partial charge is 0.361 e. The van der Waals surface area contributed by atoms with E-state index < -0.39 is 0 Å². The van der Waals surface area contributed by atoms with E-state index in [0.717, 1.165) is 54.4 Å². The number of carbonyl (C=O) groups is 1. The van der Waals surface area contributed by atoms with Crippen LogP contribution in [0.5, 0.6) is 0 Å². The zero-order chi connectivity index (χ0) is 21.6. The highest BCUT2D eigenvalue weighted by Crippen LogP contribution is 2.29. The van der Waals surface area contributed by atoms with Gasteiger partial charge >= 0.3 is 0 Å². The van der Waals surface area contributed by atoms with Crippen LogP contribution < -0.4 is 0 Å². The fraction of sp³-hybridized carbons (Fsp3) is 0.400. The van der Waals surface area contributed by atoms with E-state index in [0.29, 0.717) is 17.2 Å². The molecule has 1 amide bonds. The first-order chi connectivity index (χ1) is 15.1. The van der Waals surface area contributed by atoms with Crippen LogP contribution in [-0.2, 0) is 12.2 Å². The van der Waals surface area contributed by atoms with Crippen LogP contribution in [0.2, 0.25) is 0 Å². The van der Waals surface area contributed by atoms with Crippen LogP contribution in [0.25, 0.3) is 0 Å². The quantitative estimate of drug-likeness (QED) is 0.461. The van der Waals surface area contributed by atoms with Crippen molar-refractivity contribution in [3.05, 3.63) is 76.8 Å². The third kappa shape index (κ3) is 5.37. The summed E-state index contributed by atoms with van der Waals surface area (Å²) in [5, 5.41) is 4.79. The summed E-state index contributed by atoms with van der Waals surface area (Å²) in [6.45, 7) is 5.50. The fourth-order valence-corrected chi connectivity index (χ4v) is 5.27. The molecule has 0 unspecified atom stereocenters. The highest BCUT2D eigenvalue weighted by molar-refractivity contribution is 7.98. The van der Waals surface area contributed by atoms with E-state index in [1.807, 2.05) is 30.9 Å². The molecule has 1 saturated heterocycles. The molecule has 0 atom stereocenters. The van der Waals surface area contributed by atoms with E-state index in [2.05, 4.69) is 40.5 Å². The van der Waals surface area contributed by atoms with Gasteiger partial charge in [0.2, 0.25) is 0 Å². The number of amides is 1. The maximum absolute atomic E-state index is 13.2.